The van der Waals surface area contributed by atoms with Crippen LogP contribution in [0.25, 0.3) is 0 Å². The van der Waals surface area contributed by atoms with Gasteiger partial charge in [0.1, 0.15) is 5.82 Å². The van der Waals surface area contributed by atoms with E-state index in [4.69, 9.17) is 16.3 Å². The molecule has 0 fully saturated rings. The number of amides is 2. The lowest BCUT2D eigenvalue weighted by molar-refractivity contribution is -0.141. The average Bonchev–Trinajstić information content (AvgIpc) is 3.18. The number of H-pyrrole nitrogens is 1. The molecule has 0 aliphatic rings. The molecule has 0 unspecified atom stereocenters. The summed E-state index contributed by atoms with van der Waals surface area (Å²) in [6, 6.07) is 5.71. The minimum Gasteiger partial charge on any atom is -0.481 e. The van der Waals surface area contributed by atoms with Crippen molar-refractivity contribution in [3.05, 3.63) is 64.3 Å². The molecule has 8 nitrogen and oxygen atoms in total. The zero-order chi connectivity index (χ0) is 24.2. The molecule has 2 heterocycles. The third-order valence-electron chi connectivity index (χ3n) is 4.56. The Bertz CT molecular complexity index is 1120. The van der Waals surface area contributed by atoms with Gasteiger partial charge in [0, 0.05) is 23.9 Å². The molecule has 13 heteroatoms. The molecule has 2 amide bonds. The molecule has 0 radical (unpaired) electrons. The highest BCUT2D eigenvalue weighted by Gasteiger charge is 2.38. The smallest absolute Gasteiger partial charge is 0.435 e. The number of aliphatic hydroxyl groups excluding tert-OH is 1. The Balaban J connectivity index is 1.97. The van der Waals surface area contributed by atoms with Gasteiger partial charge in [0.05, 0.1) is 36.3 Å². The minimum atomic E-state index is -4.75. The summed E-state index contributed by atoms with van der Waals surface area (Å²) in [4.78, 5) is 18.2. The van der Waals surface area contributed by atoms with E-state index in [1.54, 1.807) is 0 Å². The number of benzene rings is 1. The first-order valence-corrected chi connectivity index (χ1v) is 9.79. The zero-order valence-electron chi connectivity index (χ0n) is 17.1. The quantitative estimate of drug-likeness (QED) is 0.429. The molecular formula is C20H18ClF4N5O3. The van der Waals surface area contributed by atoms with E-state index in [1.807, 2.05) is 0 Å². The molecule has 0 atom stereocenters. The summed E-state index contributed by atoms with van der Waals surface area (Å²) < 4.78 is 58.4. The van der Waals surface area contributed by atoms with Crippen molar-refractivity contribution in [3.63, 3.8) is 0 Å². The van der Waals surface area contributed by atoms with Crippen LogP contribution in [0.2, 0.25) is 5.02 Å². The van der Waals surface area contributed by atoms with E-state index >= 15 is 0 Å². The second kappa shape index (κ2) is 10.0. The van der Waals surface area contributed by atoms with Crippen LogP contribution in [0.1, 0.15) is 17.0 Å². The summed E-state index contributed by atoms with van der Waals surface area (Å²) in [5.41, 5.74) is -1.09. The number of nitrogens with one attached hydrogen (secondary N) is 2. The second-order valence-corrected chi connectivity index (χ2v) is 7.11. The van der Waals surface area contributed by atoms with Crippen LogP contribution in [0.3, 0.4) is 0 Å². The maximum Gasteiger partial charge on any atom is 0.435 e. The van der Waals surface area contributed by atoms with Gasteiger partial charge in [0.25, 0.3) is 0 Å². The summed E-state index contributed by atoms with van der Waals surface area (Å²) in [6.45, 7) is -0.923. The number of rotatable bonds is 7. The number of aromatic nitrogens is 3. The summed E-state index contributed by atoms with van der Waals surface area (Å²) in [6.07, 6.45) is -3.79. The van der Waals surface area contributed by atoms with Gasteiger partial charge in [-0.3, -0.25) is 10.00 Å². The van der Waals surface area contributed by atoms with Gasteiger partial charge >= 0.3 is 12.2 Å². The number of ether oxygens (including phenoxy) is 1. The summed E-state index contributed by atoms with van der Waals surface area (Å²) in [5, 5.41) is 17.2. The lowest BCUT2D eigenvalue weighted by atomic mass is 10.1. The van der Waals surface area contributed by atoms with Crippen LogP contribution >= 0.6 is 11.6 Å². The highest BCUT2D eigenvalue weighted by Crippen LogP contribution is 2.33. The Morgan fingerprint density at radius 3 is 2.64 bits per heavy atom. The van der Waals surface area contributed by atoms with Crippen molar-refractivity contribution < 1.29 is 32.2 Å². The number of aromatic amines is 1. The molecule has 0 spiro atoms. The number of halogens is 5. The number of urea groups is 1. The molecule has 0 saturated carbocycles. The summed E-state index contributed by atoms with van der Waals surface area (Å²) in [7, 11) is 1.40. The number of aliphatic hydroxyl groups is 1. The van der Waals surface area contributed by atoms with Crippen molar-refractivity contribution in [2.75, 3.05) is 23.9 Å². The minimum absolute atomic E-state index is 0.0283. The van der Waals surface area contributed by atoms with Crippen LogP contribution in [-0.4, -0.2) is 40.0 Å². The van der Waals surface area contributed by atoms with Crippen molar-refractivity contribution in [2.24, 2.45) is 0 Å². The summed E-state index contributed by atoms with van der Waals surface area (Å²) in [5.74, 6) is -0.428. The molecule has 0 aliphatic carbocycles. The fraction of sp³-hybridized carbons (Fsp3) is 0.250. The molecule has 3 aromatic rings. The van der Waals surface area contributed by atoms with Crippen molar-refractivity contribution in [3.8, 4) is 5.88 Å². The van der Waals surface area contributed by atoms with E-state index in [-0.39, 0.29) is 46.5 Å². The van der Waals surface area contributed by atoms with Crippen LogP contribution in [-0.2, 0) is 19.1 Å². The molecule has 0 aliphatic heterocycles. The van der Waals surface area contributed by atoms with Crippen LogP contribution in [0, 0.1) is 5.82 Å². The first-order chi connectivity index (χ1) is 15.6. The van der Waals surface area contributed by atoms with Crippen LogP contribution in [0.15, 0.2) is 36.5 Å². The maximum absolute atomic E-state index is 13.4. The Morgan fingerprint density at radius 1 is 1.30 bits per heavy atom. The number of pyridine rings is 1. The van der Waals surface area contributed by atoms with Crippen LogP contribution in [0.4, 0.5) is 33.7 Å². The van der Waals surface area contributed by atoms with E-state index in [0.717, 1.165) is 11.0 Å². The predicted molar refractivity (Wildman–Crippen MR) is 112 cm³/mol. The Morgan fingerprint density at radius 2 is 2.06 bits per heavy atom. The number of hydrogen-bond donors (Lipinski definition) is 3. The Kier molecular flexibility index (Phi) is 7.39. The first kappa shape index (κ1) is 24.3. The third-order valence-corrected chi connectivity index (χ3v) is 4.85. The number of methoxy groups -OCH3 is 1. The lowest BCUT2D eigenvalue weighted by Crippen LogP contribution is -2.35. The van der Waals surface area contributed by atoms with Gasteiger partial charge in [-0.15, -0.1) is 0 Å². The largest absolute Gasteiger partial charge is 0.481 e. The molecule has 176 valence electrons. The normalized spacial score (nSPS) is 11.4. The standard InChI is InChI=1S/C20H18ClF4N5O3/c1-33-17-5-3-12(9-26-17)30(19(32)27-11-2-4-15(22)14(21)8-11)10-16-13(6-7-31)18(29-28-16)20(23,24)25/h2-5,8-9,31H,6-7,10H2,1H3,(H,27,32)(H,28,29). The van der Waals surface area contributed by atoms with Gasteiger partial charge in [0.2, 0.25) is 5.88 Å². The lowest BCUT2D eigenvalue weighted by Gasteiger charge is -2.23. The number of nitrogens with zero attached hydrogens (tertiary/aromatic N) is 3. The van der Waals surface area contributed by atoms with Crippen molar-refractivity contribution in [1.82, 2.24) is 15.2 Å². The van der Waals surface area contributed by atoms with Crippen LogP contribution in [0.5, 0.6) is 5.88 Å². The van der Waals surface area contributed by atoms with E-state index in [2.05, 4.69) is 20.5 Å². The average molecular weight is 488 g/mol. The molecule has 0 bridgehead atoms. The monoisotopic (exact) mass is 487 g/mol. The van der Waals surface area contributed by atoms with E-state index in [0.29, 0.717) is 0 Å². The van der Waals surface area contributed by atoms with E-state index < -0.39 is 30.3 Å². The van der Waals surface area contributed by atoms with E-state index in [9.17, 15) is 27.5 Å². The van der Waals surface area contributed by atoms with Crippen molar-refractivity contribution >= 4 is 29.0 Å². The van der Waals surface area contributed by atoms with Gasteiger partial charge in [-0.05, 0) is 30.7 Å². The van der Waals surface area contributed by atoms with Gasteiger partial charge in [0.15, 0.2) is 5.69 Å². The fourth-order valence-electron chi connectivity index (χ4n) is 3.00. The highest BCUT2D eigenvalue weighted by molar-refractivity contribution is 6.31. The first-order valence-electron chi connectivity index (χ1n) is 9.41. The van der Waals surface area contributed by atoms with E-state index in [1.165, 1.54) is 37.6 Å². The SMILES string of the molecule is COc1ccc(N(Cc2[nH]nc(C(F)(F)F)c2CCO)C(=O)Nc2ccc(F)c(Cl)c2)cn1. The Labute approximate surface area is 190 Å². The number of carbonyl (C=O) groups is 1. The molecule has 1 aromatic carbocycles. The number of hydrogen-bond acceptors (Lipinski definition) is 5. The Hall–Kier alpha value is -3.38. The fourth-order valence-corrected chi connectivity index (χ4v) is 3.18. The van der Waals surface area contributed by atoms with Gasteiger partial charge < -0.3 is 15.2 Å². The van der Waals surface area contributed by atoms with Crippen LogP contribution < -0.4 is 15.0 Å². The number of alkyl halides is 3. The highest BCUT2D eigenvalue weighted by atomic mass is 35.5. The van der Waals surface area contributed by atoms with Gasteiger partial charge in [-0.25, -0.2) is 14.2 Å². The van der Waals surface area contributed by atoms with Gasteiger partial charge in [-0.2, -0.15) is 18.3 Å². The second-order valence-electron chi connectivity index (χ2n) is 6.70. The predicted octanol–water partition coefficient (Wildman–Crippen LogP) is 4.40. The molecular weight excluding hydrogens is 470 g/mol. The summed E-state index contributed by atoms with van der Waals surface area (Å²) >= 11 is 5.75. The van der Waals surface area contributed by atoms with Gasteiger partial charge in [-0.1, -0.05) is 11.6 Å². The molecule has 0 saturated heterocycles. The number of anilines is 2. The molecule has 3 N–H and O–H groups in total. The molecule has 2 aromatic heterocycles. The maximum atomic E-state index is 13.4. The number of carbonyl (C=O) groups excluding carboxylic acids is 1. The topological polar surface area (TPSA) is 103 Å². The zero-order valence-corrected chi connectivity index (χ0v) is 17.8. The van der Waals surface area contributed by atoms with Crippen molar-refractivity contribution in [2.45, 2.75) is 19.1 Å². The molecule has 33 heavy (non-hydrogen) atoms. The third kappa shape index (κ3) is 5.71. The van der Waals surface area contributed by atoms with Crippen molar-refractivity contribution in [1.29, 1.82) is 0 Å². The molecule has 3 rings (SSSR count).